The zero-order valence-electron chi connectivity index (χ0n) is 10.7. The Morgan fingerprint density at radius 3 is 2.79 bits per heavy atom. The molecule has 1 fully saturated rings. The second-order valence-electron chi connectivity index (χ2n) is 5.14. The molecule has 0 saturated carbocycles. The first-order chi connectivity index (χ1) is 8.94. The number of hydrogen-bond donors (Lipinski definition) is 1. The van der Waals surface area contributed by atoms with Crippen LogP contribution in [-0.2, 0) is 4.79 Å². The van der Waals surface area contributed by atoms with E-state index in [0.717, 1.165) is 6.42 Å². The van der Waals surface area contributed by atoms with Crippen LogP contribution < -0.4 is 4.90 Å². The average molecular weight is 264 g/mol. The number of aliphatic carboxylic acids is 1. The van der Waals surface area contributed by atoms with Gasteiger partial charge in [-0.05, 0) is 25.8 Å². The number of nitro groups is 1. The van der Waals surface area contributed by atoms with E-state index >= 15 is 0 Å². The molecule has 0 bridgehead atoms. The highest BCUT2D eigenvalue weighted by Crippen LogP contribution is 2.36. The summed E-state index contributed by atoms with van der Waals surface area (Å²) >= 11 is 0. The van der Waals surface area contributed by atoms with Gasteiger partial charge in [-0.1, -0.05) is 12.1 Å². The zero-order chi connectivity index (χ0) is 14.0. The van der Waals surface area contributed by atoms with Crippen molar-refractivity contribution < 1.29 is 14.8 Å². The SMILES string of the molecule is CC1(C(=O)O)CCCN(c2ccccc2[N+](=O)[O-])C1. The van der Waals surface area contributed by atoms with E-state index in [-0.39, 0.29) is 5.69 Å². The van der Waals surface area contributed by atoms with E-state index in [0.29, 0.717) is 25.2 Å². The molecule has 0 aliphatic carbocycles. The zero-order valence-corrected chi connectivity index (χ0v) is 10.7. The Labute approximate surface area is 110 Å². The smallest absolute Gasteiger partial charge is 0.311 e. The monoisotopic (exact) mass is 264 g/mol. The third-order valence-electron chi connectivity index (χ3n) is 3.63. The summed E-state index contributed by atoms with van der Waals surface area (Å²) in [5.74, 6) is -0.851. The van der Waals surface area contributed by atoms with Crippen molar-refractivity contribution in [2.75, 3.05) is 18.0 Å². The van der Waals surface area contributed by atoms with Crippen LogP contribution in [0.2, 0.25) is 0 Å². The lowest BCUT2D eigenvalue weighted by Gasteiger charge is -2.38. The molecule has 1 N–H and O–H groups in total. The number of nitrogens with zero attached hydrogens (tertiary/aromatic N) is 2. The summed E-state index contributed by atoms with van der Waals surface area (Å²) in [4.78, 5) is 23.7. The van der Waals surface area contributed by atoms with Crippen LogP contribution in [0.4, 0.5) is 11.4 Å². The number of piperidine rings is 1. The van der Waals surface area contributed by atoms with Gasteiger partial charge in [-0.2, -0.15) is 0 Å². The van der Waals surface area contributed by atoms with E-state index in [4.69, 9.17) is 0 Å². The van der Waals surface area contributed by atoms with Gasteiger partial charge in [0, 0.05) is 19.2 Å². The molecule has 19 heavy (non-hydrogen) atoms. The first-order valence-electron chi connectivity index (χ1n) is 6.16. The second-order valence-corrected chi connectivity index (χ2v) is 5.14. The molecule has 1 aromatic carbocycles. The molecule has 102 valence electrons. The van der Waals surface area contributed by atoms with Crippen molar-refractivity contribution >= 4 is 17.3 Å². The number of hydrogen-bond acceptors (Lipinski definition) is 4. The maximum absolute atomic E-state index is 11.3. The summed E-state index contributed by atoms with van der Waals surface area (Å²) in [6, 6.07) is 6.46. The van der Waals surface area contributed by atoms with Crippen molar-refractivity contribution in [1.29, 1.82) is 0 Å². The van der Waals surface area contributed by atoms with Gasteiger partial charge >= 0.3 is 5.97 Å². The molecule has 1 aliphatic heterocycles. The predicted molar refractivity (Wildman–Crippen MR) is 70.3 cm³/mol. The first kappa shape index (κ1) is 13.3. The van der Waals surface area contributed by atoms with E-state index in [9.17, 15) is 20.0 Å². The molecule has 1 atom stereocenters. The standard InChI is InChI=1S/C13H16N2O4/c1-13(12(16)17)7-4-8-14(9-13)10-5-2-3-6-11(10)15(18)19/h2-3,5-6H,4,7-9H2,1H3,(H,16,17). The summed E-state index contributed by atoms with van der Waals surface area (Å²) in [6.07, 6.45) is 1.31. The molecule has 1 unspecified atom stereocenters. The molecule has 1 aromatic rings. The summed E-state index contributed by atoms with van der Waals surface area (Å²) in [7, 11) is 0. The van der Waals surface area contributed by atoms with Crippen LogP contribution in [-0.4, -0.2) is 29.1 Å². The fourth-order valence-corrected chi connectivity index (χ4v) is 2.51. The van der Waals surface area contributed by atoms with E-state index in [1.807, 2.05) is 0 Å². The molecule has 1 aliphatic rings. The lowest BCUT2D eigenvalue weighted by Crippen LogP contribution is -2.46. The van der Waals surface area contributed by atoms with Gasteiger partial charge in [0.05, 0.1) is 10.3 Å². The molecule has 0 spiro atoms. The quantitative estimate of drug-likeness (QED) is 0.668. The molecular formula is C13H16N2O4. The molecular weight excluding hydrogens is 248 g/mol. The van der Waals surface area contributed by atoms with Gasteiger partial charge in [-0.15, -0.1) is 0 Å². The Hall–Kier alpha value is -2.11. The summed E-state index contributed by atoms with van der Waals surface area (Å²) in [5, 5.41) is 20.3. The van der Waals surface area contributed by atoms with Crippen LogP contribution in [0.1, 0.15) is 19.8 Å². The van der Waals surface area contributed by atoms with Gasteiger partial charge in [0.25, 0.3) is 5.69 Å². The number of rotatable bonds is 3. The van der Waals surface area contributed by atoms with Crippen LogP contribution in [0.5, 0.6) is 0 Å². The van der Waals surface area contributed by atoms with E-state index < -0.39 is 16.3 Å². The fraction of sp³-hybridized carbons (Fsp3) is 0.462. The number of nitro benzene ring substituents is 1. The maximum Gasteiger partial charge on any atom is 0.311 e. The summed E-state index contributed by atoms with van der Waals surface area (Å²) < 4.78 is 0. The number of benzene rings is 1. The highest BCUT2D eigenvalue weighted by atomic mass is 16.6. The molecule has 6 heteroatoms. The molecule has 0 aromatic heterocycles. The van der Waals surface area contributed by atoms with Crippen molar-refractivity contribution in [1.82, 2.24) is 0 Å². The van der Waals surface area contributed by atoms with Crippen LogP contribution in [0.15, 0.2) is 24.3 Å². The lowest BCUT2D eigenvalue weighted by molar-refractivity contribution is -0.384. The minimum Gasteiger partial charge on any atom is -0.481 e. The van der Waals surface area contributed by atoms with Crippen molar-refractivity contribution in [2.45, 2.75) is 19.8 Å². The number of anilines is 1. The molecule has 1 saturated heterocycles. The minimum absolute atomic E-state index is 0.0251. The summed E-state index contributed by atoms with van der Waals surface area (Å²) in [5.41, 5.74) is -0.320. The van der Waals surface area contributed by atoms with E-state index in [2.05, 4.69) is 0 Å². The number of carboxylic acids is 1. The number of carboxylic acid groups (broad SMARTS) is 1. The Kier molecular flexibility index (Phi) is 3.42. The molecule has 2 rings (SSSR count). The molecule has 0 amide bonds. The Morgan fingerprint density at radius 2 is 2.16 bits per heavy atom. The van der Waals surface area contributed by atoms with Crippen molar-refractivity contribution in [3.05, 3.63) is 34.4 Å². The van der Waals surface area contributed by atoms with Crippen LogP contribution in [0, 0.1) is 15.5 Å². The average Bonchev–Trinajstić information content (AvgIpc) is 2.38. The maximum atomic E-state index is 11.3. The first-order valence-corrected chi connectivity index (χ1v) is 6.16. The van der Waals surface area contributed by atoms with E-state index in [1.165, 1.54) is 6.07 Å². The van der Waals surface area contributed by atoms with Gasteiger partial charge in [0.15, 0.2) is 0 Å². The van der Waals surface area contributed by atoms with Gasteiger partial charge in [0.1, 0.15) is 5.69 Å². The number of para-hydroxylation sites is 2. The highest BCUT2D eigenvalue weighted by molar-refractivity contribution is 5.76. The minimum atomic E-state index is -0.851. The Morgan fingerprint density at radius 1 is 1.47 bits per heavy atom. The second kappa shape index (κ2) is 4.87. The Bertz CT molecular complexity index is 517. The number of carbonyl (C=O) groups is 1. The topological polar surface area (TPSA) is 83.7 Å². The van der Waals surface area contributed by atoms with Gasteiger partial charge in [0.2, 0.25) is 0 Å². The van der Waals surface area contributed by atoms with Crippen LogP contribution >= 0.6 is 0 Å². The van der Waals surface area contributed by atoms with Crippen molar-refractivity contribution in [3.8, 4) is 0 Å². The predicted octanol–water partition coefficient (Wildman–Crippen LogP) is 2.29. The van der Waals surface area contributed by atoms with Gasteiger partial charge in [-0.25, -0.2) is 0 Å². The lowest BCUT2D eigenvalue weighted by atomic mass is 9.82. The van der Waals surface area contributed by atoms with Crippen LogP contribution in [0.3, 0.4) is 0 Å². The normalized spacial score (nSPS) is 23.1. The van der Waals surface area contributed by atoms with Crippen molar-refractivity contribution in [2.24, 2.45) is 5.41 Å². The molecule has 1 heterocycles. The molecule has 0 radical (unpaired) electrons. The van der Waals surface area contributed by atoms with Crippen molar-refractivity contribution in [3.63, 3.8) is 0 Å². The van der Waals surface area contributed by atoms with Gasteiger partial charge < -0.3 is 10.0 Å². The summed E-state index contributed by atoms with van der Waals surface area (Å²) in [6.45, 7) is 2.64. The van der Waals surface area contributed by atoms with Gasteiger partial charge in [-0.3, -0.25) is 14.9 Å². The molecule has 6 nitrogen and oxygen atoms in total. The Balaban J connectivity index is 2.32. The highest BCUT2D eigenvalue weighted by Gasteiger charge is 2.39. The third kappa shape index (κ3) is 2.52. The van der Waals surface area contributed by atoms with Crippen LogP contribution in [0.25, 0.3) is 0 Å². The van der Waals surface area contributed by atoms with E-state index in [1.54, 1.807) is 30.0 Å². The largest absolute Gasteiger partial charge is 0.481 e. The third-order valence-corrected chi connectivity index (χ3v) is 3.63. The fourth-order valence-electron chi connectivity index (χ4n) is 2.51.